The zero-order chi connectivity index (χ0) is 18.1. The summed E-state index contributed by atoms with van der Waals surface area (Å²) in [6.45, 7) is 3.22. The SMILES string of the molecule is CN(C)c1ccnc(C(=O)N2CCN(CC(F)(F)F)CC2(C)C)c1. The van der Waals surface area contributed by atoms with Gasteiger partial charge in [-0.05, 0) is 26.0 Å². The molecule has 0 unspecified atom stereocenters. The fourth-order valence-corrected chi connectivity index (χ4v) is 2.97. The number of rotatable bonds is 3. The van der Waals surface area contributed by atoms with Crippen LogP contribution in [0, 0.1) is 0 Å². The molecule has 0 aliphatic carbocycles. The van der Waals surface area contributed by atoms with Gasteiger partial charge in [-0.3, -0.25) is 14.7 Å². The standard InChI is InChI=1S/C16H23F3N4O/c1-15(2)10-22(11-16(17,18)19)7-8-23(15)14(24)13-9-12(21(3)4)5-6-20-13/h5-6,9H,7-8,10-11H2,1-4H3. The highest BCUT2D eigenvalue weighted by molar-refractivity contribution is 5.93. The lowest BCUT2D eigenvalue weighted by molar-refractivity contribution is -0.153. The monoisotopic (exact) mass is 344 g/mol. The summed E-state index contributed by atoms with van der Waals surface area (Å²) in [4.78, 5) is 21.7. The van der Waals surface area contributed by atoms with Crippen LogP contribution in [0.15, 0.2) is 18.3 Å². The second-order valence-corrected chi connectivity index (χ2v) is 6.89. The minimum absolute atomic E-state index is 0.172. The van der Waals surface area contributed by atoms with E-state index in [1.807, 2.05) is 19.0 Å². The molecule has 2 heterocycles. The van der Waals surface area contributed by atoms with Crippen LogP contribution in [0.3, 0.4) is 0 Å². The van der Waals surface area contributed by atoms with E-state index < -0.39 is 18.3 Å². The number of alkyl halides is 3. The van der Waals surface area contributed by atoms with E-state index in [2.05, 4.69) is 4.98 Å². The molecule has 0 aromatic carbocycles. The number of carbonyl (C=O) groups excluding carboxylic acids is 1. The minimum atomic E-state index is -4.23. The predicted octanol–water partition coefficient (Wildman–Crippen LogP) is 2.25. The van der Waals surface area contributed by atoms with Crippen molar-refractivity contribution in [2.45, 2.75) is 25.6 Å². The van der Waals surface area contributed by atoms with Crippen molar-refractivity contribution < 1.29 is 18.0 Å². The molecule has 1 aromatic rings. The van der Waals surface area contributed by atoms with Gasteiger partial charge in [0.15, 0.2) is 0 Å². The highest BCUT2D eigenvalue weighted by Gasteiger charge is 2.41. The van der Waals surface area contributed by atoms with Crippen LogP contribution in [0.5, 0.6) is 0 Å². The number of aromatic nitrogens is 1. The van der Waals surface area contributed by atoms with E-state index in [-0.39, 0.29) is 25.5 Å². The van der Waals surface area contributed by atoms with Crippen molar-refractivity contribution >= 4 is 11.6 Å². The molecule has 1 fully saturated rings. The first-order valence-corrected chi connectivity index (χ1v) is 7.74. The molecule has 0 atom stereocenters. The Hall–Kier alpha value is -1.83. The minimum Gasteiger partial charge on any atom is -0.378 e. The molecule has 1 aliphatic heterocycles. The Bertz CT molecular complexity index is 601. The van der Waals surface area contributed by atoms with E-state index in [1.54, 1.807) is 37.1 Å². The lowest BCUT2D eigenvalue weighted by Gasteiger charge is -2.47. The smallest absolute Gasteiger partial charge is 0.378 e. The maximum Gasteiger partial charge on any atom is 0.401 e. The first kappa shape index (κ1) is 18.5. The van der Waals surface area contributed by atoms with Gasteiger partial charge in [0, 0.05) is 45.6 Å². The second-order valence-electron chi connectivity index (χ2n) is 6.89. The first-order chi connectivity index (χ1) is 11.0. The molecule has 1 saturated heterocycles. The van der Waals surface area contributed by atoms with Crippen LogP contribution in [0.2, 0.25) is 0 Å². The maximum absolute atomic E-state index is 12.8. The Morgan fingerprint density at radius 1 is 1.33 bits per heavy atom. The summed E-state index contributed by atoms with van der Waals surface area (Å²) in [5.74, 6) is -0.254. The fraction of sp³-hybridized carbons (Fsp3) is 0.625. The third-order valence-electron chi connectivity index (χ3n) is 4.11. The summed E-state index contributed by atoms with van der Waals surface area (Å²) in [5.41, 5.74) is 0.455. The van der Waals surface area contributed by atoms with E-state index in [9.17, 15) is 18.0 Å². The summed E-state index contributed by atoms with van der Waals surface area (Å²) < 4.78 is 37.8. The Morgan fingerprint density at radius 3 is 2.54 bits per heavy atom. The number of piperazine rings is 1. The maximum atomic E-state index is 12.8. The molecule has 0 bridgehead atoms. The van der Waals surface area contributed by atoms with Crippen molar-refractivity contribution in [3.63, 3.8) is 0 Å². The molecule has 1 aromatic heterocycles. The first-order valence-electron chi connectivity index (χ1n) is 7.74. The van der Waals surface area contributed by atoms with Gasteiger partial charge in [0.05, 0.1) is 12.1 Å². The predicted molar refractivity (Wildman–Crippen MR) is 86.2 cm³/mol. The number of nitrogens with zero attached hydrogens (tertiary/aromatic N) is 4. The molecule has 134 valence electrons. The summed E-state index contributed by atoms with van der Waals surface area (Å²) >= 11 is 0. The topological polar surface area (TPSA) is 39.7 Å². The van der Waals surface area contributed by atoms with Crippen molar-refractivity contribution in [3.05, 3.63) is 24.0 Å². The van der Waals surface area contributed by atoms with Crippen LogP contribution >= 0.6 is 0 Å². The number of anilines is 1. The molecule has 0 radical (unpaired) electrons. The summed E-state index contributed by atoms with van der Waals surface area (Å²) in [5, 5.41) is 0. The Balaban J connectivity index is 2.15. The van der Waals surface area contributed by atoms with E-state index in [1.165, 1.54) is 4.90 Å². The van der Waals surface area contributed by atoms with Crippen molar-refractivity contribution in [1.82, 2.24) is 14.8 Å². The lowest BCUT2D eigenvalue weighted by atomic mass is 9.98. The van der Waals surface area contributed by atoms with Gasteiger partial charge in [0.1, 0.15) is 5.69 Å². The van der Waals surface area contributed by atoms with Gasteiger partial charge in [-0.25, -0.2) is 0 Å². The lowest BCUT2D eigenvalue weighted by Crippen LogP contribution is -2.62. The van der Waals surface area contributed by atoms with Gasteiger partial charge in [-0.1, -0.05) is 0 Å². The molecule has 8 heteroatoms. The Morgan fingerprint density at radius 2 is 2.00 bits per heavy atom. The molecule has 24 heavy (non-hydrogen) atoms. The van der Waals surface area contributed by atoms with Gasteiger partial charge in [-0.15, -0.1) is 0 Å². The number of hydrogen-bond donors (Lipinski definition) is 0. The number of halogens is 3. The normalized spacial score (nSPS) is 18.5. The summed E-state index contributed by atoms with van der Waals surface area (Å²) in [6.07, 6.45) is -2.67. The summed E-state index contributed by atoms with van der Waals surface area (Å²) in [7, 11) is 3.73. The third kappa shape index (κ3) is 4.37. The highest BCUT2D eigenvalue weighted by atomic mass is 19.4. The van der Waals surface area contributed by atoms with Crippen LogP contribution in [0.4, 0.5) is 18.9 Å². The van der Waals surface area contributed by atoms with Crippen LogP contribution in [-0.2, 0) is 0 Å². The fourth-order valence-electron chi connectivity index (χ4n) is 2.97. The molecule has 0 N–H and O–H groups in total. The molecule has 0 saturated carbocycles. The molecular weight excluding hydrogens is 321 g/mol. The van der Waals surface area contributed by atoms with Gasteiger partial charge in [-0.2, -0.15) is 13.2 Å². The van der Waals surface area contributed by atoms with Crippen molar-refractivity contribution in [2.75, 3.05) is 45.2 Å². The van der Waals surface area contributed by atoms with Crippen LogP contribution in [0.25, 0.3) is 0 Å². The number of carbonyl (C=O) groups is 1. The van der Waals surface area contributed by atoms with E-state index in [0.717, 1.165) is 5.69 Å². The number of hydrogen-bond acceptors (Lipinski definition) is 4. The van der Waals surface area contributed by atoms with Gasteiger partial charge < -0.3 is 9.80 Å². The number of amides is 1. The zero-order valence-electron chi connectivity index (χ0n) is 14.4. The highest BCUT2D eigenvalue weighted by Crippen LogP contribution is 2.26. The zero-order valence-corrected chi connectivity index (χ0v) is 14.4. The van der Waals surface area contributed by atoms with Crippen molar-refractivity contribution in [3.8, 4) is 0 Å². The summed E-state index contributed by atoms with van der Waals surface area (Å²) in [6, 6.07) is 3.49. The Kier molecular flexibility index (Phi) is 5.08. The van der Waals surface area contributed by atoms with E-state index in [4.69, 9.17) is 0 Å². The molecule has 2 rings (SSSR count). The van der Waals surface area contributed by atoms with Crippen molar-refractivity contribution in [1.29, 1.82) is 0 Å². The largest absolute Gasteiger partial charge is 0.401 e. The third-order valence-corrected chi connectivity index (χ3v) is 4.11. The van der Waals surface area contributed by atoms with Gasteiger partial charge in [0.25, 0.3) is 5.91 Å². The average molecular weight is 344 g/mol. The molecule has 0 spiro atoms. The molecule has 1 amide bonds. The van der Waals surface area contributed by atoms with Crippen LogP contribution in [0.1, 0.15) is 24.3 Å². The van der Waals surface area contributed by atoms with Gasteiger partial charge >= 0.3 is 6.18 Å². The Labute approximate surface area is 140 Å². The van der Waals surface area contributed by atoms with Crippen molar-refractivity contribution in [2.24, 2.45) is 0 Å². The van der Waals surface area contributed by atoms with E-state index >= 15 is 0 Å². The molecule has 1 aliphatic rings. The quantitative estimate of drug-likeness (QED) is 0.843. The van der Waals surface area contributed by atoms with Crippen LogP contribution in [-0.4, -0.2) is 72.7 Å². The second kappa shape index (κ2) is 6.58. The van der Waals surface area contributed by atoms with Crippen LogP contribution < -0.4 is 4.90 Å². The molecule has 5 nitrogen and oxygen atoms in total. The average Bonchev–Trinajstić information content (AvgIpc) is 2.44. The molecular formula is C16H23F3N4O. The van der Waals surface area contributed by atoms with Gasteiger partial charge in [0.2, 0.25) is 0 Å². The number of pyridine rings is 1. The van der Waals surface area contributed by atoms with E-state index in [0.29, 0.717) is 5.69 Å².